The zero-order valence-electron chi connectivity index (χ0n) is 16.9. The van der Waals surface area contributed by atoms with Gasteiger partial charge in [-0.05, 0) is 37.1 Å². The molecule has 2 aliphatic rings. The molecule has 0 atom stereocenters. The van der Waals surface area contributed by atoms with E-state index in [1.165, 1.54) is 38.5 Å². The van der Waals surface area contributed by atoms with Crippen molar-refractivity contribution in [2.45, 2.75) is 44.6 Å². The average molecular weight is 395 g/mol. The molecule has 1 aromatic heterocycles. The topological polar surface area (TPSA) is 66.5 Å². The van der Waals surface area contributed by atoms with Crippen LogP contribution < -0.4 is 15.5 Å². The zero-order valence-corrected chi connectivity index (χ0v) is 16.9. The van der Waals surface area contributed by atoms with Gasteiger partial charge >= 0.3 is 0 Å². The van der Waals surface area contributed by atoms with Crippen molar-refractivity contribution >= 4 is 23.0 Å². The van der Waals surface area contributed by atoms with Crippen LogP contribution in [0.25, 0.3) is 0 Å². The summed E-state index contributed by atoms with van der Waals surface area (Å²) in [5.74, 6) is -0.185. The number of carbonyl (C=O) groups excluding carboxylic acids is 1. The number of carbonyl (C=O) groups is 1. The van der Waals surface area contributed by atoms with E-state index in [9.17, 15) is 4.79 Å². The first-order valence-electron chi connectivity index (χ1n) is 10.8. The maximum atomic E-state index is 12.9. The van der Waals surface area contributed by atoms with Crippen LogP contribution in [0.1, 0.15) is 49.0 Å². The van der Waals surface area contributed by atoms with Crippen molar-refractivity contribution in [3.8, 4) is 0 Å². The highest BCUT2D eigenvalue weighted by Crippen LogP contribution is 2.27. The summed E-state index contributed by atoms with van der Waals surface area (Å²) in [5, 5.41) is 6.65. The summed E-state index contributed by atoms with van der Waals surface area (Å²) >= 11 is 0. The van der Waals surface area contributed by atoms with Gasteiger partial charge in [0.05, 0.1) is 24.6 Å². The molecular weight excluding hydrogens is 364 g/mol. The maximum absolute atomic E-state index is 12.9. The van der Waals surface area contributed by atoms with Crippen molar-refractivity contribution in [2.75, 3.05) is 41.8 Å². The molecule has 1 aliphatic carbocycles. The number of para-hydroxylation sites is 2. The van der Waals surface area contributed by atoms with E-state index in [2.05, 4.69) is 20.5 Å². The normalized spacial score (nSPS) is 18.1. The Kier molecular flexibility index (Phi) is 6.62. The maximum Gasteiger partial charge on any atom is 0.274 e. The Bertz CT molecular complexity index is 812. The van der Waals surface area contributed by atoms with E-state index in [0.29, 0.717) is 24.9 Å². The highest BCUT2D eigenvalue weighted by atomic mass is 16.5. The van der Waals surface area contributed by atoms with Gasteiger partial charge in [0.1, 0.15) is 5.69 Å². The predicted molar refractivity (Wildman–Crippen MR) is 117 cm³/mol. The summed E-state index contributed by atoms with van der Waals surface area (Å²) in [6.07, 6.45) is 9.29. The molecule has 1 amide bonds. The van der Waals surface area contributed by atoms with E-state index in [4.69, 9.17) is 4.74 Å². The van der Waals surface area contributed by atoms with Crippen molar-refractivity contribution in [2.24, 2.45) is 0 Å². The molecule has 6 nitrogen and oxygen atoms in total. The van der Waals surface area contributed by atoms with E-state index < -0.39 is 0 Å². The highest BCUT2D eigenvalue weighted by Gasteiger charge is 2.17. The van der Waals surface area contributed by atoms with Gasteiger partial charge < -0.3 is 20.3 Å². The Morgan fingerprint density at radius 3 is 2.59 bits per heavy atom. The van der Waals surface area contributed by atoms with Gasteiger partial charge in [0.2, 0.25) is 0 Å². The standard InChI is InChI=1S/C23H30N4O2/c28-23(26-20-9-5-6-10-22(20)27-13-15-29-16-14-27)21-17-19(11-12-24-21)25-18-7-3-1-2-4-8-18/h5-6,9-12,17-18H,1-4,7-8,13-16H2,(H,24,25)(H,26,28). The van der Waals surface area contributed by atoms with Crippen LogP contribution in [0.2, 0.25) is 0 Å². The van der Waals surface area contributed by atoms with Crippen LogP contribution in [0.5, 0.6) is 0 Å². The number of morpholine rings is 1. The lowest BCUT2D eigenvalue weighted by Gasteiger charge is -2.30. The van der Waals surface area contributed by atoms with Crippen LogP contribution >= 0.6 is 0 Å². The number of aromatic nitrogens is 1. The number of rotatable bonds is 5. The number of hydrogen-bond acceptors (Lipinski definition) is 5. The molecule has 0 unspecified atom stereocenters. The number of nitrogens with one attached hydrogen (secondary N) is 2. The van der Waals surface area contributed by atoms with E-state index >= 15 is 0 Å². The lowest BCUT2D eigenvalue weighted by Crippen LogP contribution is -2.36. The van der Waals surface area contributed by atoms with E-state index in [-0.39, 0.29) is 5.91 Å². The van der Waals surface area contributed by atoms with Crippen molar-refractivity contribution in [1.82, 2.24) is 4.98 Å². The van der Waals surface area contributed by atoms with Crippen LogP contribution in [0.4, 0.5) is 17.1 Å². The summed E-state index contributed by atoms with van der Waals surface area (Å²) in [4.78, 5) is 19.5. The molecule has 2 heterocycles. The molecule has 4 rings (SSSR count). The minimum atomic E-state index is -0.185. The van der Waals surface area contributed by atoms with Crippen LogP contribution in [-0.2, 0) is 4.74 Å². The molecule has 6 heteroatoms. The van der Waals surface area contributed by atoms with Gasteiger partial charge in [-0.1, -0.05) is 37.8 Å². The second-order valence-corrected chi connectivity index (χ2v) is 7.83. The van der Waals surface area contributed by atoms with E-state index in [0.717, 1.165) is 30.2 Å². The summed E-state index contributed by atoms with van der Waals surface area (Å²) in [5.41, 5.74) is 3.24. The average Bonchev–Trinajstić information content (AvgIpc) is 3.04. The first-order chi connectivity index (χ1) is 14.3. The lowest BCUT2D eigenvalue weighted by molar-refractivity contribution is 0.102. The fourth-order valence-corrected chi connectivity index (χ4v) is 4.15. The van der Waals surface area contributed by atoms with Gasteiger partial charge in [-0.15, -0.1) is 0 Å². The number of nitrogens with zero attached hydrogens (tertiary/aromatic N) is 2. The second kappa shape index (κ2) is 9.74. The van der Waals surface area contributed by atoms with Gasteiger partial charge in [-0.25, -0.2) is 0 Å². The molecule has 2 fully saturated rings. The van der Waals surface area contributed by atoms with E-state index in [1.807, 2.05) is 36.4 Å². The molecule has 0 spiro atoms. The number of pyridine rings is 1. The van der Waals surface area contributed by atoms with Gasteiger partial charge in [0.15, 0.2) is 0 Å². The van der Waals surface area contributed by atoms with Crippen molar-refractivity contribution < 1.29 is 9.53 Å². The van der Waals surface area contributed by atoms with Crippen molar-refractivity contribution in [3.63, 3.8) is 0 Å². The summed E-state index contributed by atoms with van der Waals surface area (Å²) in [6.45, 7) is 3.06. The number of ether oxygens (including phenoxy) is 1. The minimum Gasteiger partial charge on any atom is -0.382 e. The van der Waals surface area contributed by atoms with Crippen LogP contribution in [0, 0.1) is 0 Å². The monoisotopic (exact) mass is 394 g/mol. The van der Waals surface area contributed by atoms with Gasteiger partial charge in [-0.2, -0.15) is 0 Å². The fraction of sp³-hybridized carbons (Fsp3) is 0.478. The quantitative estimate of drug-likeness (QED) is 0.740. The number of anilines is 3. The lowest BCUT2D eigenvalue weighted by atomic mass is 10.1. The molecule has 154 valence electrons. The summed E-state index contributed by atoms with van der Waals surface area (Å²) in [7, 11) is 0. The fourth-order valence-electron chi connectivity index (χ4n) is 4.15. The zero-order chi connectivity index (χ0) is 19.9. The Morgan fingerprint density at radius 2 is 1.79 bits per heavy atom. The Labute approximate surface area is 172 Å². The first-order valence-corrected chi connectivity index (χ1v) is 10.8. The Hall–Kier alpha value is -2.60. The Balaban J connectivity index is 1.45. The molecule has 1 saturated carbocycles. The molecule has 1 saturated heterocycles. The summed E-state index contributed by atoms with van der Waals surface area (Å²) in [6, 6.07) is 12.2. The smallest absolute Gasteiger partial charge is 0.274 e. The third-order valence-electron chi connectivity index (χ3n) is 5.72. The van der Waals surface area contributed by atoms with Crippen LogP contribution in [-0.4, -0.2) is 43.2 Å². The molecule has 1 aromatic carbocycles. The highest BCUT2D eigenvalue weighted by molar-refractivity contribution is 6.05. The van der Waals surface area contributed by atoms with Crippen molar-refractivity contribution in [1.29, 1.82) is 0 Å². The molecule has 29 heavy (non-hydrogen) atoms. The third-order valence-corrected chi connectivity index (χ3v) is 5.72. The second-order valence-electron chi connectivity index (χ2n) is 7.83. The molecule has 2 aromatic rings. The van der Waals surface area contributed by atoms with Crippen molar-refractivity contribution in [3.05, 3.63) is 48.3 Å². The predicted octanol–water partition coefficient (Wildman–Crippen LogP) is 4.31. The third kappa shape index (κ3) is 5.26. The molecule has 2 N–H and O–H groups in total. The van der Waals surface area contributed by atoms with Gasteiger partial charge in [0, 0.05) is 31.0 Å². The minimum absolute atomic E-state index is 0.185. The van der Waals surface area contributed by atoms with Crippen LogP contribution in [0.15, 0.2) is 42.6 Å². The summed E-state index contributed by atoms with van der Waals surface area (Å²) < 4.78 is 5.45. The van der Waals surface area contributed by atoms with Gasteiger partial charge in [-0.3, -0.25) is 9.78 Å². The number of amides is 1. The molecule has 0 bridgehead atoms. The SMILES string of the molecule is O=C(Nc1ccccc1N1CCOCC1)c1cc(NC2CCCCCC2)ccn1. The molecular formula is C23H30N4O2. The number of benzene rings is 1. The first kappa shape index (κ1) is 19.7. The van der Waals surface area contributed by atoms with Gasteiger partial charge in [0.25, 0.3) is 5.91 Å². The van der Waals surface area contributed by atoms with E-state index in [1.54, 1.807) is 6.20 Å². The molecule has 0 radical (unpaired) electrons. The largest absolute Gasteiger partial charge is 0.382 e. The van der Waals surface area contributed by atoms with Crippen LogP contribution in [0.3, 0.4) is 0 Å². The molecule has 1 aliphatic heterocycles. The number of hydrogen-bond donors (Lipinski definition) is 2. The Morgan fingerprint density at radius 1 is 1.03 bits per heavy atom.